The van der Waals surface area contributed by atoms with E-state index in [0.717, 1.165) is 30.5 Å². The van der Waals surface area contributed by atoms with Gasteiger partial charge in [-0.25, -0.2) is 4.98 Å². The van der Waals surface area contributed by atoms with Crippen LogP contribution in [0.15, 0.2) is 34.4 Å². The topological polar surface area (TPSA) is 79.8 Å². The first-order chi connectivity index (χ1) is 13.8. The van der Waals surface area contributed by atoms with Crippen LogP contribution in [0.2, 0.25) is 0 Å². The Morgan fingerprint density at radius 1 is 1.24 bits per heavy atom. The van der Waals surface area contributed by atoms with Crippen LogP contribution in [0.1, 0.15) is 52.1 Å². The van der Waals surface area contributed by atoms with Gasteiger partial charge in [0.1, 0.15) is 0 Å². The number of aromatic amines is 1. The fraction of sp³-hybridized carbons (Fsp3) is 0.429. The van der Waals surface area contributed by atoms with Crippen LogP contribution in [0.25, 0.3) is 10.9 Å². The van der Waals surface area contributed by atoms with E-state index >= 15 is 0 Å². The Bertz CT molecular complexity index is 1120. The number of nitrogens with one attached hydrogen (secondary N) is 2. The first-order valence-corrected chi connectivity index (χ1v) is 11.0. The van der Waals surface area contributed by atoms with Gasteiger partial charge >= 0.3 is 0 Å². The molecular weight excluding hydrogens is 404 g/mol. The lowest BCUT2D eigenvalue weighted by Crippen LogP contribution is -2.22. The number of H-pyrrole nitrogens is 1. The molecule has 0 unspecified atom stereocenters. The second-order valence-corrected chi connectivity index (χ2v) is 9.32. The van der Waals surface area contributed by atoms with Crippen molar-refractivity contribution >= 4 is 45.5 Å². The highest BCUT2D eigenvalue weighted by atomic mass is 32.1. The number of aromatic nitrogens is 3. The molecule has 3 rings (SSSR count). The number of unbranched alkanes of at least 4 members (excludes halogenated alkanes) is 2. The summed E-state index contributed by atoms with van der Waals surface area (Å²) in [4.78, 5) is 32.3. The van der Waals surface area contributed by atoms with Gasteiger partial charge in [0.05, 0.1) is 16.6 Å². The van der Waals surface area contributed by atoms with Gasteiger partial charge in [0.2, 0.25) is 5.91 Å². The molecule has 8 heteroatoms. The third-order valence-corrected chi connectivity index (χ3v) is 5.77. The molecule has 0 aliphatic carbocycles. The van der Waals surface area contributed by atoms with Crippen molar-refractivity contribution in [1.82, 2.24) is 14.5 Å². The van der Waals surface area contributed by atoms with E-state index in [4.69, 9.17) is 12.2 Å². The van der Waals surface area contributed by atoms with Crippen LogP contribution in [-0.2, 0) is 16.8 Å². The maximum atomic E-state index is 12.6. The Morgan fingerprint density at radius 2 is 2.00 bits per heavy atom. The normalized spacial score (nSPS) is 11.7. The number of benzene rings is 1. The molecule has 0 radical (unpaired) electrons. The molecule has 6 nitrogen and oxygen atoms in total. The van der Waals surface area contributed by atoms with Gasteiger partial charge < -0.3 is 10.3 Å². The van der Waals surface area contributed by atoms with Crippen LogP contribution in [-0.4, -0.2) is 20.4 Å². The van der Waals surface area contributed by atoms with E-state index in [2.05, 4.69) is 36.1 Å². The van der Waals surface area contributed by atoms with Crippen molar-refractivity contribution in [2.75, 3.05) is 5.32 Å². The Balaban J connectivity index is 1.47. The summed E-state index contributed by atoms with van der Waals surface area (Å²) in [6.07, 6.45) is 2.81. The summed E-state index contributed by atoms with van der Waals surface area (Å²) in [6.45, 7) is 6.84. The maximum absolute atomic E-state index is 12.6. The van der Waals surface area contributed by atoms with E-state index < -0.39 is 0 Å². The van der Waals surface area contributed by atoms with E-state index in [-0.39, 0.29) is 16.9 Å². The first kappa shape index (κ1) is 21.4. The monoisotopic (exact) mass is 430 g/mol. The Morgan fingerprint density at radius 3 is 2.72 bits per heavy atom. The fourth-order valence-electron chi connectivity index (χ4n) is 2.99. The molecule has 3 aromatic rings. The minimum Gasteiger partial charge on any atom is -0.332 e. The Kier molecular flexibility index (Phi) is 6.64. The van der Waals surface area contributed by atoms with Crippen LogP contribution in [0, 0.1) is 4.77 Å². The summed E-state index contributed by atoms with van der Waals surface area (Å²) in [5, 5.41) is 6.14. The second kappa shape index (κ2) is 9.00. The summed E-state index contributed by atoms with van der Waals surface area (Å²) < 4.78 is 2.03. The highest BCUT2D eigenvalue weighted by molar-refractivity contribution is 7.71. The number of para-hydroxylation sites is 1. The number of amides is 1. The predicted octanol–water partition coefficient (Wildman–Crippen LogP) is 5.01. The number of hydrogen-bond acceptors (Lipinski definition) is 5. The zero-order valence-corrected chi connectivity index (χ0v) is 18.6. The number of nitrogens with zero attached hydrogens (tertiary/aromatic N) is 2. The van der Waals surface area contributed by atoms with Gasteiger partial charge in [-0.3, -0.25) is 14.2 Å². The number of carbonyl (C=O) groups is 1. The van der Waals surface area contributed by atoms with Gasteiger partial charge in [-0.2, -0.15) is 0 Å². The number of fused-ring (bicyclic) bond motifs is 1. The average Bonchev–Trinajstić information content (AvgIpc) is 3.12. The van der Waals surface area contributed by atoms with Crippen molar-refractivity contribution < 1.29 is 4.79 Å². The summed E-state index contributed by atoms with van der Waals surface area (Å²) >= 11 is 6.78. The van der Waals surface area contributed by atoms with E-state index in [0.29, 0.717) is 28.3 Å². The lowest BCUT2D eigenvalue weighted by atomic mass is 9.93. The van der Waals surface area contributed by atoms with Crippen LogP contribution in [0.3, 0.4) is 0 Å². The average molecular weight is 431 g/mol. The largest absolute Gasteiger partial charge is 0.332 e. The molecule has 2 heterocycles. The number of thiazole rings is 1. The van der Waals surface area contributed by atoms with Crippen LogP contribution >= 0.6 is 23.6 Å². The van der Waals surface area contributed by atoms with Crippen molar-refractivity contribution in [2.24, 2.45) is 0 Å². The number of anilines is 1. The molecule has 29 heavy (non-hydrogen) atoms. The standard InChI is InChI=1S/C21H26N4O2S2/c1-21(2,3)16-13-29-19(23-16)24-17(26)11-5-4-8-12-25-18(27)14-9-6-7-10-15(14)22-20(25)28/h6-7,9-10,13H,4-5,8,11-12H2,1-3H3,(H,22,28)(H,23,24,26). The number of carbonyl (C=O) groups excluding carboxylic acids is 1. The minimum atomic E-state index is -0.0690. The zero-order chi connectivity index (χ0) is 21.0. The van der Waals surface area contributed by atoms with Crippen molar-refractivity contribution in [3.8, 4) is 0 Å². The third-order valence-electron chi connectivity index (χ3n) is 4.69. The molecule has 2 aromatic heterocycles. The Hall–Kier alpha value is -2.32. The van der Waals surface area contributed by atoms with Crippen molar-refractivity contribution in [2.45, 2.75) is 58.4 Å². The SMILES string of the molecule is CC(C)(C)c1csc(NC(=O)CCCCCn2c(=S)[nH]c3ccccc3c2=O)n1. The number of rotatable bonds is 7. The van der Waals surface area contributed by atoms with Crippen molar-refractivity contribution in [3.05, 3.63) is 50.5 Å². The molecule has 0 saturated carbocycles. The molecule has 1 aromatic carbocycles. The quantitative estimate of drug-likeness (QED) is 0.408. The van der Waals surface area contributed by atoms with Crippen molar-refractivity contribution in [1.29, 1.82) is 0 Å². The number of hydrogen-bond donors (Lipinski definition) is 2. The van der Waals surface area contributed by atoms with Crippen LogP contribution in [0.4, 0.5) is 5.13 Å². The molecule has 2 N–H and O–H groups in total. The highest BCUT2D eigenvalue weighted by Gasteiger charge is 2.18. The van der Waals surface area contributed by atoms with Gasteiger partial charge in [0, 0.05) is 23.8 Å². The van der Waals surface area contributed by atoms with E-state index in [1.807, 2.05) is 23.6 Å². The van der Waals surface area contributed by atoms with Gasteiger partial charge in [0.25, 0.3) is 5.56 Å². The van der Waals surface area contributed by atoms with E-state index in [1.54, 1.807) is 10.6 Å². The molecule has 154 valence electrons. The summed E-state index contributed by atoms with van der Waals surface area (Å²) in [5.74, 6) is -0.0278. The lowest BCUT2D eigenvalue weighted by Gasteiger charge is -2.14. The van der Waals surface area contributed by atoms with Gasteiger partial charge in [-0.15, -0.1) is 11.3 Å². The third kappa shape index (κ3) is 5.39. The molecule has 0 saturated heterocycles. The van der Waals surface area contributed by atoms with E-state index in [1.165, 1.54) is 11.3 Å². The molecule has 0 aliphatic heterocycles. The molecule has 1 amide bonds. The summed E-state index contributed by atoms with van der Waals surface area (Å²) in [7, 11) is 0. The lowest BCUT2D eigenvalue weighted by molar-refractivity contribution is -0.116. The highest BCUT2D eigenvalue weighted by Crippen LogP contribution is 2.26. The minimum absolute atomic E-state index is 0.0265. The predicted molar refractivity (Wildman–Crippen MR) is 121 cm³/mol. The maximum Gasteiger partial charge on any atom is 0.262 e. The van der Waals surface area contributed by atoms with Crippen LogP contribution in [0.5, 0.6) is 0 Å². The molecule has 0 fully saturated rings. The zero-order valence-electron chi connectivity index (χ0n) is 16.9. The van der Waals surface area contributed by atoms with Gasteiger partial charge in [0.15, 0.2) is 9.90 Å². The molecule has 0 atom stereocenters. The smallest absolute Gasteiger partial charge is 0.262 e. The van der Waals surface area contributed by atoms with Crippen molar-refractivity contribution in [3.63, 3.8) is 0 Å². The van der Waals surface area contributed by atoms with Gasteiger partial charge in [-0.1, -0.05) is 39.3 Å². The molecular formula is C21H26N4O2S2. The van der Waals surface area contributed by atoms with Crippen LogP contribution < -0.4 is 10.9 Å². The molecule has 0 spiro atoms. The van der Waals surface area contributed by atoms with Gasteiger partial charge in [-0.05, 0) is 37.2 Å². The first-order valence-electron chi connectivity index (χ1n) is 9.73. The summed E-state index contributed by atoms with van der Waals surface area (Å²) in [5.41, 5.74) is 1.64. The second-order valence-electron chi connectivity index (χ2n) is 8.08. The van der Waals surface area contributed by atoms with E-state index in [9.17, 15) is 9.59 Å². The molecule has 0 aliphatic rings. The fourth-order valence-corrected chi connectivity index (χ4v) is 4.23. The Labute approximate surface area is 179 Å². The summed E-state index contributed by atoms with van der Waals surface area (Å²) in [6, 6.07) is 7.37. The molecule has 0 bridgehead atoms.